The van der Waals surface area contributed by atoms with Gasteiger partial charge in [0.05, 0.1) is 16.8 Å². The molecule has 2 heteroatoms. The minimum Gasteiger partial charge on any atom is -0.454 e. The van der Waals surface area contributed by atoms with Crippen molar-refractivity contribution in [3.63, 3.8) is 0 Å². The summed E-state index contributed by atoms with van der Waals surface area (Å²) in [7, 11) is 0. The van der Waals surface area contributed by atoms with Crippen molar-refractivity contribution in [3.05, 3.63) is 245 Å². The first-order valence-electron chi connectivity index (χ1n) is 21.6. The number of benzene rings is 8. The van der Waals surface area contributed by atoms with Crippen molar-refractivity contribution in [2.24, 2.45) is 5.92 Å². The fraction of sp³-hybridized carbons (Fsp3) is 0.119. The van der Waals surface area contributed by atoms with Crippen LogP contribution >= 0.6 is 0 Å². The molecule has 0 bridgehead atoms. The largest absolute Gasteiger partial charge is 0.454 e. The van der Waals surface area contributed by atoms with Gasteiger partial charge in [-0.25, -0.2) is 0 Å². The summed E-state index contributed by atoms with van der Waals surface area (Å²) < 4.78 is 7.30. The number of para-hydroxylation sites is 1. The fourth-order valence-electron chi connectivity index (χ4n) is 11.3. The lowest BCUT2D eigenvalue weighted by Crippen LogP contribution is -2.28. The van der Waals surface area contributed by atoms with E-state index in [-0.39, 0.29) is 5.41 Å². The molecular formula is C59H45NO. The van der Waals surface area contributed by atoms with E-state index >= 15 is 0 Å². The second kappa shape index (κ2) is 13.4. The molecule has 0 amide bonds. The third-order valence-electron chi connectivity index (χ3n) is 14.0. The van der Waals surface area contributed by atoms with Crippen LogP contribution < -0.4 is 4.90 Å². The number of fused-ring (bicyclic) bond motifs is 9. The van der Waals surface area contributed by atoms with Gasteiger partial charge in [0.25, 0.3) is 0 Å². The Morgan fingerprint density at radius 2 is 1.11 bits per heavy atom. The molecule has 3 aliphatic rings. The highest BCUT2D eigenvalue weighted by molar-refractivity contribution is 6.11. The van der Waals surface area contributed by atoms with Crippen molar-refractivity contribution >= 4 is 38.9 Å². The van der Waals surface area contributed by atoms with Crippen LogP contribution in [0.4, 0.5) is 11.4 Å². The maximum Gasteiger partial charge on any atom is 0.159 e. The van der Waals surface area contributed by atoms with E-state index in [1.165, 1.54) is 78.2 Å². The minimum absolute atomic E-state index is 0.129. The van der Waals surface area contributed by atoms with Crippen LogP contribution in [-0.2, 0) is 10.8 Å². The predicted octanol–water partition coefficient (Wildman–Crippen LogP) is 15.4. The van der Waals surface area contributed by atoms with Crippen LogP contribution in [0.1, 0.15) is 66.1 Å². The zero-order valence-corrected chi connectivity index (χ0v) is 34.7. The van der Waals surface area contributed by atoms with Crippen LogP contribution in [0.3, 0.4) is 0 Å². The second-order valence-corrected chi connectivity index (χ2v) is 17.6. The van der Waals surface area contributed by atoms with Crippen LogP contribution in [0.5, 0.6) is 0 Å². The van der Waals surface area contributed by atoms with E-state index in [9.17, 15) is 0 Å². The topological polar surface area (TPSA) is 16.4 Å². The summed E-state index contributed by atoms with van der Waals surface area (Å²) >= 11 is 0. The molecule has 12 rings (SSSR count). The van der Waals surface area contributed by atoms with Crippen molar-refractivity contribution in [1.29, 1.82) is 0 Å². The zero-order chi connectivity index (χ0) is 40.9. The highest BCUT2D eigenvalue weighted by Gasteiger charge is 2.46. The molecule has 0 spiro atoms. The number of nitrogens with zero attached hydrogens (tertiary/aromatic N) is 1. The van der Waals surface area contributed by atoms with Gasteiger partial charge in [0.15, 0.2) is 5.58 Å². The van der Waals surface area contributed by atoms with Gasteiger partial charge in [0, 0.05) is 27.4 Å². The maximum absolute atomic E-state index is 7.30. The molecule has 0 saturated carbocycles. The highest BCUT2D eigenvalue weighted by Crippen LogP contribution is 2.58. The number of furan rings is 1. The summed E-state index contributed by atoms with van der Waals surface area (Å²) in [5, 5.41) is 2.23. The third kappa shape index (κ3) is 5.09. The van der Waals surface area contributed by atoms with Crippen LogP contribution in [-0.4, -0.2) is 0 Å². The first kappa shape index (κ1) is 35.8. The normalized spacial score (nSPS) is 16.7. The van der Waals surface area contributed by atoms with Gasteiger partial charge in [-0.05, 0) is 97.8 Å². The Bertz CT molecular complexity index is 3230. The molecule has 292 valence electrons. The summed E-state index contributed by atoms with van der Waals surface area (Å²) in [6.07, 6.45) is 5.58. The third-order valence-corrected chi connectivity index (χ3v) is 14.0. The van der Waals surface area contributed by atoms with E-state index in [1.807, 2.05) is 0 Å². The van der Waals surface area contributed by atoms with E-state index in [2.05, 4.69) is 226 Å². The van der Waals surface area contributed by atoms with Gasteiger partial charge in [-0.3, -0.25) is 0 Å². The molecule has 1 aromatic heterocycles. The quantitative estimate of drug-likeness (QED) is 0.167. The van der Waals surface area contributed by atoms with Crippen molar-refractivity contribution in [2.45, 2.75) is 38.0 Å². The molecule has 0 fully saturated rings. The van der Waals surface area contributed by atoms with E-state index in [0.717, 1.165) is 34.0 Å². The first-order valence-corrected chi connectivity index (χ1v) is 21.6. The Morgan fingerprint density at radius 3 is 1.84 bits per heavy atom. The lowest BCUT2D eigenvalue weighted by atomic mass is 9.67. The lowest BCUT2D eigenvalue weighted by Gasteiger charge is -2.34. The Labute approximate surface area is 357 Å². The molecule has 0 N–H and O–H groups in total. The zero-order valence-electron chi connectivity index (χ0n) is 34.7. The Balaban J connectivity index is 1.10. The van der Waals surface area contributed by atoms with Gasteiger partial charge in [-0.15, -0.1) is 0 Å². The smallest absolute Gasteiger partial charge is 0.159 e. The number of rotatable bonds is 6. The monoisotopic (exact) mass is 783 g/mol. The average molecular weight is 784 g/mol. The molecule has 1 atom stereocenters. The van der Waals surface area contributed by atoms with Gasteiger partial charge in [-0.2, -0.15) is 0 Å². The molecular weight excluding hydrogens is 739 g/mol. The summed E-state index contributed by atoms with van der Waals surface area (Å²) in [5.41, 5.74) is 20.2. The Hall–Kier alpha value is -7.16. The van der Waals surface area contributed by atoms with E-state index in [1.54, 1.807) is 0 Å². The molecule has 0 aliphatic heterocycles. The molecule has 3 aliphatic carbocycles. The SMILES string of the molecule is CC1CC(N(c2cccc3c2-c2ccccc2C3(C)C)c2cccc3c2oc2cc(C4(c5ccccc5)c5ccccc5-c5ccccc54)ccc23)=CC=C1c1ccccc1. The number of anilines is 2. The Morgan fingerprint density at radius 1 is 0.508 bits per heavy atom. The van der Waals surface area contributed by atoms with Crippen molar-refractivity contribution in [2.75, 3.05) is 4.90 Å². The lowest BCUT2D eigenvalue weighted by molar-refractivity contribution is 0.659. The van der Waals surface area contributed by atoms with Crippen LogP contribution in [0.2, 0.25) is 0 Å². The van der Waals surface area contributed by atoms with Gasteiger partial charge in [-0.1, -0.05) is 197 Å². The van der Waals surface area contributed by atoms with Crippen molar-refractivity contribution < 1.29 is 4.42 Å². The van der Waals surface area contributed by atoms with Crippen LogP contribution in [0.25, 0.3) is 49.8 Å². The molecule has 1 heterocycles. The molecule has 0 saturated heterocycles. The molecule has 8 aromatic carbocycles. The van der Waals surface area contributed by atoms with Crippen LogP contribution in [0.15, 0.2) is 210 Å². The number of hydrogen-bond donors (Lipinski definition) is 0. The number of hydrogen-bond acceptors (Lipinski definition) is 2. The van der Waals surface area contributed by atoms with Crippen molar-refractivity contribution in [1.82, 2.24) is 0 Å². The van der Waals surface area contributed by atoms with E-state index in [4.69, 9.17) is 4.42 Å². The summed E-state index contributed by atoms with van der Waals surface area (Å²) in [4.78, 5) is 2.52. The highest BCUT2D eigenvalue weighted by atomic mass is 16.3. The molecule has 9 aromatic rings. The summed E-state index contributed by atoms with van der Waals surface area (Å²) in [5.74, 6) is 0.314. The maximum atomic E-state index is 7.30. The van der Waals surface area contributed by atoms with Crippen molar-refractivity contribution in [3.8, 4) is 22.3 Å². The summed E-state index contributed by atoms with van der Waals surface area (Å²) in [6, 6.07) is 69.3. The molecule has 2 nitrogen and oxygen atoms in total. The van der Waals surface area contributed by atoms with Gasteiger partial charge in [0.1, 0.15) is 5.58 Å². The summed E-state index contributed by atoms with van der Waals surface area (Å²) in [6.45, 7) is 7.09. The van der Waals surface area contributed by atoms with Gasteiger partial charge < -0.3 is 9.32 Å². The average Bonchev–Trinajstić information content (AvgIpc) is 3.91. The second-order valence-electron chi connectivity index (χ2n) is 17.6. The van der Waals surface area contributed by atoms with E-state index in [0.29, 0.717) is 5.92 Å². The van der Waals surface area contributed by atoms with Crippen LogP contribution in [0, 0.1) is 5.92 Å². The standard InChI is InChI=1S/C59H45NO/c1-38-36-42(33-35-43(38)39-18-6-4-7-19-39)60(53-30-17-29-52-56(53)48-24-12-13-26-49(48)58(52,2)3)54-31-16-25-47-46-34-32-41(37-55(46)61-57(47)54)59(40-20-8-5-9-21-40)50-27-14-10-22-44(50)45-23-11-15-28-51(45)59/h4-35,37-38H,36H2,1-3H3. The van der Waals surface area contributed by atoms with Gasteiger partial charge in [0.2, 0.25) is 0 Å². The number of allylic oxidation sites excluding steroid dienone is 4. The molecule has 61 heavy (non-hydrogen) atoms. The predicted molar refractivity (Wildman–Crippen MR) is 253 cm³/mol. The first-order chi connectivity index (χ1) is 29.9. The fourth-order valence-corrected chi connectivity index (χ4v) is 11.3. The van der Waals surface area contributed by atoms with E-state index < -0.39 is 5.41 Å². The molecule has 1 unspecified atom stereocenters. The minimum atomic E-state index is -0.507. The molecule has 0 radical (unpaired) electrons. The van der Waals surface area contributed by atoms with Gasteiger partial charge >= 0.3 is 0 Å². The Kier molecular flexibility index (Phi) is 7.87.